The molecular weight excluding hydrogens is 292 g/mol. The first-order valence-corrected chi connectivity index (χ1v) is 8.77. The van der Waals surface area contributed by atoms with Crippen LogP contribution < -0.4 is 4.74 Å². The van der Waals surface area contributed by atoms with Crippen molar-refractivity contribution >= 4 is 16.1 Å². The average molecular weight is 314 g/mol. The third-order valence-corrected chi connectivity index (χ3v) is 3.69. The van der Waals surface area contributed by atoms with Crippen LogP contribution in [0.3, 0.4) is 0 Å². The lowest BCUT2D eigenvalue weighted by molar-refractivity contribution is -0.134. The summed E-state index contributed by atoms with van der Waals surface area (Å²) in [5.41, 5.74) is 0.277. The summed E-state index contributed by atoms with van der Waals surface area (Å²) in [6.07, 6.45) is 5.46. The van der Waals surface area contributed by atoms with Gasteiger partial charge in [-0.25, -0.2) is 0 Å². The van der Waals surface area contributed by atoms with Gasteiger partial charge in [0.15, 0.2) is 0 Å². The molecule has 21 heavy (non-hydrogen) atoms. The second-order valence-corrected chi connectivity index (χ2v) is 6.42. The van der Waals surface area contributed by atoms with Gasteiger partial charge in [0.25, 0.3) is 10.1 Å². The van der Waals surface area contributed by atoms with Crippen molar-refractivity contribution in [3.05, 3.63) is 29.8 Å². The van der Waals surface area contributed by atoms with E-state index in [4.69, 9.17) is 9.29 Å². The molecule has 0 aliphatic heterocycles. The zero-order valence-electron chi connectivity index (χ0n) is 12.2. The maximum absolute atomic E-state index is 11.7. The quantitative estimate of drug-likeness (QED) is 0.327. The molecule has 0 atom stereocenters. The molecule has 0 unspecified atom stereocenters. The van der Waals surface area contributed by atoms with Gasteiger partial charge in [-0.2, -0.15) is 8.42 Å². The number of esters is 1. The Morgan fingerprint density at radius 3 is 2.48 bits per heavy atom. The molecule has 0 aliphatic carbocycles. The van der Waals surface area contributed by atoms with Gasteiger partial charge in [-0.05, 0) is 12.5 Å². The van der Waals surface area contributed by atoms with Crippen LogP contribution in [0.4, 0.5) is 0 Å². The van der Waals surface area contributed by atoms with Gasteiger partial charge < -0.3 is 4.74 Å². The Hall–Kier alpha value is -1.40. The average Bonchev–Trinajstić information content (AvgIpc) is 2.39. The topological polar surface area (TPSA) is 80.7 Å². The fraction of sp³-hybridized carbons (Fsp3) is 0.533. The van der Waals surface area contributed by atoms with Gasteiger partial charge in [-0.1, -0.05) is 50.8 Å². The van der Waals surface area contributed by atoms with Gasteiger partial charge in [0.05, 0.1) is 0 Å². The van der Waals surface area contributed by atoms with Crippen LogP contribution in [-0.2, 0) is 20.7 Å². The molecule has 118 valence electrons. The molecular formula is C15H22O5S. The lowest BCUT2D eigenvalue weighted by Gasteiger charge is -2.09. The van der Waals surface area contributed by atoms with Crippen molar-refractivity contribution in [2.24, 2.45) is 0 Å². The van der Waals surface area contributed by atoms with Gasteiger partial charge in [-0.15, -0.1) is 0 Å². The van der Waals surface area contributed by atoms with Crippen LogP contribution >= 0.6 is 0 Å². The zero-order chi connectivity index (χ0) is 15.7. The van der Waals surface area contributed by atoms with Crippen LogP contribution in [0.1, 0.15) is 51.0 Å². The van der Waals surface area contributed by atoms with E-state index < -0.39 is 15.9 Å². The normalized spacial score (nSPS) is 11.3. The number of ether oxygens (including phenoxy) is 1. The van der Waals surface area contributed by atoms with Gasteiger partial charge in [0, 0.05) is 12.0 Å². The van der Waals surface area contributed by atoms with E-state index in [2.05, 4.69) is 6.92 Å². The molecule has 0 bridgehead atoms. The van der Waals surface area contributed by atoms with Gasteiger partial charge >= 0.3 is 5.97 Å². The molecule has 1 rings (SSSR count). The lowest BCUT2D eigenvalue weighted by Crippen LogP contribution is -2.10. The molecule has 0 radical (unpaired) electrons. The number of rotatable bonds is 9. The number of para-hydroxylation sites is 1. The third-order valence-electron chi connectivity index (χ3n) is 3.02. The summed E-state index contributed by atoms with van der Waals surface area (Å²) in [5, 5.41) is 0. The molecule has 0 saturated heterocycles. The molecule has 0 aliphatic rings. The summed E-state index contributed by atoms with van der Waals surface area (Å²) in [6, 6.07) is 6.31. The molecule has 0 heterocycles. The predicted molar refractivity (Wildman–Crippen MR) is 80.7 cm³/mol. The van der Waals surface area contributed by atoms with E-state index in [0.717, 1.165) is 32.1 Å². The summed E-state index contributed by atoms with van der Waals surface area (Å²) in [7, 11) is -4.15. The maximum Gasteiger partial charge on any atom is 0.311 e. The van der Waals surface area contributed by atoms with E-state index in [0.29, 0.717) is 6.42 Å². The van der Waals surface area contributed by atoms with Gasteiger partial charge in [0.2, 0.25) is 0 Å². The molecule has 0 saturated carbocycles. The fourth-order valence-electron chi connectivity index (χ4n) is 1.97. The number of hydrogen-bond donors (Lipinski definition) is 1. The number of benzene rings is 1. The smallest absolute Gasteiger partial charge is 0.311 e. The maximum atomic E-state index is 11.7. The predicted octanol–water partition coefficient (Wildman–Crippen LogP) is 3.34. The highest BCUT2D eigenvalue weighted by atomic mass is 32.2. The van der Waals surface area contributed by atoms with Crippen molar-refractivity contribution in [1.29, 1.82) is 0 Å². The van der Waals surface area contributed by atoms with Gasteiger partial charge in [-0.3, -0.25) is 9.35 Å². The van der Waals surface area contributed by atoms with Crippen LogP contribution in [0, 0.1) is 0 Å². The SMILES string of the molecule is CCCCCCCC(=O)Oc1ccccc1CS(=O)(=O)O. The Labute approximate surface area is 126 Å². The van der Waals surface area contributed by atoms with Crippen LogP contribution in [0.25, 0.3) is 0 Å². The standard InChI is InChI=1S/C15H22O5S/c1-2-3-4-5-6-11-15(16)20-14-10-8-7-9-13(14)12-21(17,18)19/h7-10H,2-6,11-12H2,1H3,(H,17,18,19). The van der Waals surface area contributed by atoms with Crippen LogP contribution in [-0.4, -0.2) is 18.9 Å². The lowest BCUT2D eigenvalue weighted by atomic mass is 10.1. The molecule has 1 aromatic carbocycles. The summed E-state index contributed by atoms with van der Waals surface area (Å²) in [4.78, 5) is 11.7. The summed E-state index contributed by atoms with van der Waals surface area (Å²) in [5.74, 6) is -0.754. The van der Waals surface area contributed by atoms with Crippen LogP contribution in [0.15, 0.2) is 24.3 Å². The zero-order valence-corrected chi connectivity index (χ0v) is 13.1. The molecule has 5 nitrogen and oxygen atoms in total. The number of carbonyl (C=O) groups is 1. The van der Waals surface area contributed by atoms with Crippen LogP contribution in [0.2, 0.25) is 0 Å². The van der Waals surface area contributed by atoms with Crippen molar-refractivity contribution in [3.63, 3.8) is 0 Å². The Kier molecular flexibility index (Phi) is 7.39. The molecule has 0 spiro atoms. The summed E-state index contributed by atoms with van der Waals surface area (Å²) >= 11 is 0. The van der Waals surface area contributed by atoms with E-state index in [9.17, 15) is 13.2 Å². The molecule has 0 amide bonds. The van der Waals surface area contributed by atoms with Crippen molar-refractivity contribution in [3.8, 4) is 5.75 Å². The largest absolute Gasteiger partial charge is 0.426 e. The van der Waals surface area contributed by atoms with Gasteiger partial charge in [0.1, 0.15) is 11.5 Å². The first-order valence-electron chi connectivity index (χ1n) is 7.16. The Bertz CT molecular complexity index is 551. The van der Waals surface area contributed by atoms with Crippen molar-refractivity contribution < 1.29 is 22.5 Å². The highest BCUT2D eigenvalue weighted by Gasteiger charge is 2.14. The molecule has 1 aromatic rings. The summed E-state index contributed by atoms with van der Waals surface area (Å²) in [6.45, 7) is 2.13. The second-order valence-electron chi connectivity index (χ2n) is 4.97. The highest BCUT2D eigenvalue weighted by molar-refractivity contribution is 7.85. The Morgan fingerprint density at radius 1 is 1.14 bits per heavy atom. The van der Waals surface area contributed by atoms with E-state index in [1.807, 2.05) is 0 Å². The number of carbonyl (C=O) groups excluding carboxylic acids is 1. The highest BCUT2D eigenvalue weighted by Crippen LogP contribution is 2.21. The molecule has 1 N–H and O–H groups in total. The van der Waals surface area contributed by atoms with E-state index in [-0.39, 0.29) is 17.3 Å². The fourth-order valence-corrected chi connectivity index (χ4v) is 2.60. The second kappa shape index (κ2) is 8.79. The summed E-state index contributed by atoms with van der Waals surface area (Å²) < 4.78 is 35.9. The van der Waals surface area contributed by atoms with E-state index >= 15 is 0 Å². The first kappa shape index (κ1) is 17.7. The Balaban J connectivity index is 2.52. The monoisotopic (exact) mass is 314 g/mol. The molecule has 6 heteroatoms. The number of hydrogen-bond acceptors (Lipinski definition) is 4. The van der Waals surface area contributed by atoms with E-state index in [1.165, 1.54) is 12.1 Å². The van der Waals surface area contributed by atoms with E-state index in [1.54, 1.807) is 12.1 Å². The van der Waals surface area contributed by atoms with Crippen molar-refractivity contribution in [1.82, 2.24) is 0 Å². The number of unbranched alkanes of at least 4 members (excludes halogenated alkanes) is 4. The minimum Gasteiger partial charge on any atom is -0.426 e. The minimum absolute atomic E-state index is 0.189. The first-order chi connectivity index (χ1) is 9.92. The minimum atomic E-state index is -4.15. The Morgan fingerprint density at radius 2 is 1.81 bits per heavy atom. The van der Waals surface area contributed by atoms with Crippen molar-refractivity contribution in [2.45, 2.75) is 51.2 Å². The molecule has 0 fully saturated rings. The molecule has 0 aromatic heterocycles. The van der Waals surface area contributed by atoms with Crippen molar-refractivity contribution in [2.75, 3.05) is 0 Å². The third kappa shape index (κ3) is 7.82. The van der Waals surface area contributed by atoms with Crippen LogP contribution in [0.5, 0.6) is 5.75 Å².